The molecule has 1 saturated heterocycles. The molecule has 0 aromatic heterocycles. The molecular weight excluding hydrogens is 234 g/mol. The van der Waals surface area contributed by atoms with E-state index in [2.05, 4.69) is 37.5 Å². The Balaban J connectivity index is 2.16. The molecule has 0 saturated carbocycles. The molecule has 0 aliphatic carbocycles. The minimum atomic E-state index is 0.334. The molecule has 1 fully saturated rings. The van der Waals surface area contributed by atoms with Crippen LogP contribution in [0.2, 0.25) is 0 Å². The van der Waals surface area contributed by atoms with Gasteiger partial charge in [0.05, 0.1) is 0 Å². The Hall–Kier alpha value is -0.120. The lowest BCUT2D eigenvalue weighted by Gasteiger charge is -2.42. The van der Waals surface area contributed by atoms with Crippen molar-refractivity contribution < 1.29 is 0 Å². The Morgan fingerprint density at radius 2 is 1.68 bits per heavy atom. The van der Waals surface area contributed by atoms with E-state index in [4.69, 9.17) is 5.73 Å². The van der Waals surface area contributed by atoms with Crippen molar-refractivity contribution in [3.63, 3.8) is 0 Å². The third-order valence-corrected chi connectivity index (χ3v) is 4.56. The maximum absolute atomic E-state index is 5.66. The first-order valence-electron chi connectivity index (χ1n) is 8.14. The lowest BCUT2D eigenvalue weighted by molar-refractivity contribution is 0.0610. The van der Waals surface area contributed by atoms with Crippen molar-refractivity contribution in [3.05, 3.63) is 0 Å². The summed E-state index contributed by atoms with van der Waals surface area (Å²) in [5, 5.41) is 0. The van der Waals surface area contributed by atoms with Crippen LogP contribution in [0.15, 0.2) is 0 Å². The van der Waals surface area contributed by atoms with Gasteiger partial charge in [-0.25, -0.2) is 0 Å². The van der Waals surface area contributed by atoms with Gasteiger partial charge in [0.2, 0.25) is 0 Å². The molecule has 1 aliphatic heterocycles. The van der Waals surface area contributed by atoms with Gasteiger partial charge in [0.25, 0.3) is 0 Å². The summed E-state index contributed by atoms with van der Waals surface area (Å²) in [7, 11) is 0. The van der Waals surface area contributed by atoms with Crippen molar-refractivity contribution in [3.8, 4) is 0 Å². The molecule has 0 radical (unpaired) electrons. The number of hydrogen-bond donors (Lipinski definition) is 1. The topological polar surface area (TPSA) is 32.5 Å². The second kappa shape index (κ2) is 8.23. The Kier molecular flexibility index (Phi) is 7.33. The molecule has 0 aromatic carbocycles. The molecule has 1 heterocycles. The van der Waals surface area contributed by atoms with E-state index in [1.54, 1.807) is 0 Å². The molecule has 3 heteroatoms. The van der Waals surface area contributed by atoms with E-state index in [1.165, 1.54) is 58.4 Å². The summed E-state index contributed by atoms with van der Waals surface area (Å²) in [5.41, 5.74) is 5.99. The van der Waals surface area contributed by atoms with Crippen LogP contribution in [0.1, 0.15) is 53.4 Å². The van der Waals surface area contributed by atoms with Gasteiger partial charge in [0.1, 0.15) is 0 Å². The van der Waals surface area contributed by atoms with E-state index in [0.29, 0.717) is 5.54 Å². The Morgan fingerprint density at radius 3 is 2.16 bits per heavy atom. The number of hydrogen-bond acceptors (Lipinski definition) is 3. The maximum atomic E-state index is 5.66. The molecule has 0 aromatic rings. The third-order valence-electron chi connectivity index (χ3n) is 4.56. The molecule has 0 spiro atoms. The first-order chi connectivity index (χ1) is 8.97. The number of piperazine rings is 1. The van der Waals surface area contributed by atoms with Gasteiger partial charge in [-0.15, -0.1) is 0 Å². The SMILES string of the molecule is CCC(CCN)CCCN1CCN(C(C)(C)C)CC1. The van der Waals surface area contributed by atoms with Gasteiger partial charge in [-0.05, 0) is 59.0 Å². The molecule has 0 bridgehead atoms. The van der Waals surface area contributed by atoms with Crippen LogP contribution in [0, 0.1) is 5.92 Å². The zero-order valence-corrected chi connectivity index (χ0v) is 13.6. The summed E-state index contributed by atoms with van der Waals surface area (Å²) in [6.07, 6.45) is 5.19. The van der Waals surface area contributed by atoms with E-state index < -0.39 is 0 Å². The third kappa shape index (κ3) is 6.24. The van der Waals surface area contributed by atoms with Gasteiger partial charge in [0.15, 0.2) is 0 Å². The standard InChI is InChI=1S/C16H35N3/c1-5-15(8-9-17)7-6-10-18-11-13-19(14-12-18)16(2,3)4/h15H,5-14,17H2,1-4H3. The molecule has 2 N–H and O–H groups in total. The predicted molar refractivity (Wildman–Crippen MR) is 84.5 cm³/mol. The fraction of sp³-hybridized carbons (Fsp3) is 1.00. The largest absolute Gasteiger partial charge is 0.330 e. The van der Waals surface area contributed by atoms with Crippen LogP contribution in [0.5, 0.6) is 0 Å². The van der Waals surface area contributed by atoms with Crippen LogP contribution in [0.4, 0.5) is 0 Å². The minimum absolute atomic E-state index is 0.334. The summed E-state index contributed by atoms with van der Waals surface area (Å²) < 4.78 is 0. The summed E-state index contributed by atoms with van der Waals surface area (Å²) in [4.78, 5) is 5.24. The highest BCUT2D eigenvalue weighted by Gasteiger charge is 2.25. The molecule has 1 unspecified atom stereocenters. The molecule has 3 nitrogen and oxygen atoms in total. The summed E-state index contributed by atoms with van der Waals surface area (Å²) in [6.45, 7) is 16.3. The summed E-state index contributed by atoms with van der Waals surface area (Å²) in [6, 6.07) is 0. The second-order valence-corrected chi connectivity index (χ2v) is 6.99. The highest BCUT2D eigenvalue weighted by molar-refractivity contribution is 4.81. The average molecular weight is 269 g/mol. The molecular formula is C16H35N3. The van der Waals surface area contributed by atoms with Crippen molar-refractivity contribution >= 4 is 0 Å². The highest BCUT2D eigenvalue weighted by Crippen LogP contribution is 2.18. The summed E-state index contributed by atoms with van der Waals surface area (Å²) >= 11 is 0. The van der Waals surface area contributed by atoms with Crippen LogP contribution >= 0.6 is 0 Å². The lowest BCUT2D eigenvalue weighted by atomic mass is 9.96. The van der Waals surface area contributed by atoms with Gasteiger partial charge in [-0.1, -0.05) is 13.3 Å². The fourth-order valence-corrected chi connectivity index (χ4v) is 3.03. The maximum Gasteiger partial charge on any atom is 0.0126 e. The minimum Gasteiger partial charge on any atom is -0.330 e. The molecule has 19 heavy (non-hydrogen) atoms. The second-order valence-electron chi connectivity index (χ2n) is 6.99. The van der Waals surface area contributed by atoms with Gasteiger partial charge >= 0.3 is 0 Å². The Morgan fingerprint density at radius 1 is 1.05 bits per heavy atom. The van der Waals surface area contributed by atoms with E-state index in [0.717, 1.165) is 12.5 Å². The zero-order valence-electron chi connectivity index (χ0n) is 13.6. The lowest BCUT2D eigenvalue weighted by Crippen LogP contribution is -2.53. The molecule has 1 rings (SSSR count). The Bertz CT molecular complexity index is 227. The molecule has 0 amide bonds. The van der Waals surface area contributed by atoms with Gasteiger partial charge in [0, 0.05) is 31.7 Å². The number of nitrogens with two attached hydrogens (primary N) is 1. The van der Waals surface area contributed by atoms with Crippen molar-refractivity contribution in [2.24, 2.45) is 11.7 Å². The normalized spacial score (nSPS) is 20.7. The van der Waals surface area contributed by atoms with Crippen LogP contribution in [0.25, 0.3) is 0 Å². The van der Waals surface area contributed by atoms with Crippen molar-refractivity contribution in [2.75, 3.05) is 39.3 Å². The van der Waals surface area contributed by atoms with Crippen LogP contribution < -0.4 is 5.73 Å². The van der Waals surface area contributed by atoms with E-state index in [-0.39, 0.29) is 0 Å². The van der Waals surface area contributed by atoms with E-state index in [1.807, 2.05) is 0 Å². The monoisotopic (exact) mass is 269 g/mol. The zero-order chi connectivity index (χ0) is 14.3. The van der Waals surface area contributed by atoms with E-state index >= 15 is 0 Å². The fourth-order valence-electron chi connectivity index (χ4n) is 3.03. The highest BCUT2D eigenvalue weighted by atomic mass is 15.3. The van der Waals surface area contributed by atoms with Gasteiger partial charge in [-0.3, -0.25) is 4.90 Å². The Labute approximate surface area is 120 Å². The van der Waals surface area contributed by atoms with Crippen LogP contribution in [-0.4, -0.2) is 54.6 Å². The molecule has 1 aliphatic rings. The van der Waals surface area contributed by atoms with Crippen LogP contribution in [-0.2, 0) is 0 Å². The van der Waals surface area contributed by atoms with Crippen LogP contribution in [0.3, 0.4) is 0 Å². The van der Waals surface area contributed by atoms with Gasteiger partial charge in [-0.2, -0.15) is 0 Å². The van der Waals surface area contributed by atoms with Crippen molar-refractivity contribution in [1.29, 1.82) is 0 Å². The quantitative estimate of drug-likeness (QED) is 0.771. The molecule has 114 valence electrons. The average Bonchev–Trinajstić information content (AvgIpc) is 2.37. The summed E-state index contributed by atoms with van der Waals surface area (Å²) in [5.74, 6) is 0.848. The number of rotatable bonds is 7. The first-order valence-corrected chi connectivity index (χ1v) is 8.14. The smallest absolute Gasteiger partial charge is 0.0126 e. The number of nitrogens with zero attached hydrogens (tertiary/aromatic N) is 2. The van der Waals surface area contributed by atoms with Gasteiger partial charge < -0.3 is 10.6 Å². The predicted octanol–water partition coefficient (Wildman–Crippen LogP) is 2.56. The van der Waals surface area contributed by atoms with Crippen molar-refractivity contribution in [2.45, 2.75) is 58.9 Å². The van der Waals surface area contributed by atoms with Crippen molar-refractivity contribution in [1.82, 2.24) is 9.80 Å². The molecule has 1 atom stereocenters. The van der Waals surface area contributed by atoms with E-state index in [9.17, 15) is 0 Å². The first kappa shape index (κ1) is 16.9.